The lowest BCUT2D eigenvalue weighted by molar-refractivity contribution is 0.124. The Labute approximate surface area is 184 Å². The highest BCUT2D eigenvalue weighted by molar-refractivity contribution is 7.10. The fourth-order valence-electron chi connectivity index (χ4n) is 3.65. The SMILES string of the molecule is CCCC/C=C/CC1C(O)CC(OP)C1/C=C/C(COc1cccc(Cl)c1)OP. The van der Waals surface area contributed by atoms with E-state index in [1.54, 1.807) is 6.07 Å². The molecule has 1 aromatic carbocycles. The van der Waals surface area contributed by atoms with Gasteiger partial charge in [0.05, 0.1) is 12.2 Å². The molecule has 1 aliphatic rings. The van der Waals surface area contributed by atoms with E-state index in [-0.39, 0.29) is 30.1 Å². The second-order valence-corrected chi connectivity index (χ2v) is 8.38. The zero-order valence-electron chi connectivity index (χ0n) is 17.0. The summed E-state index contributed by atoms with van der Waals surface area (Å²) >= 11 is 6.00. The predicted molar refractivity (Wildman–Crippen MR) is 126 cm³/mol. The van der Waals surface area contributed by atoms with Crippen LogP contribution in [0.1, 0.15) is 39.0 Å². The summed E-state index contributed by atoms with van der Waals surface area (Å²) in [6.07, 6.45) is 12.8. The van der Waals surface area contributed by atoms with E-state index >= 15 is 0 Å². The molecule has 162 valence electrons. The van der Waals surface area contributed by atoms with Crippen molar-refractivity contribution < 1.29 is 18.9 Å². The van der Waals surface area contributed by atoms with Gasteiger partial charge in [0.25, 0.3) is 0 Å². The Bertz CT molecular complexity index is 655. The van der Waals surface area contributed by atoms with Gasteiger partial charge in [-0.25, -0.2) is 0 Å². The van der Waals surface area contributed by atoms with E-state index in [0.717, 1.165) is 12.8 Å². The molecule has 0 bridgehead atoms. The van der Waals surface area contributed by atoms with Gasteiger partial charge in [-0.1, -0.05) is 61.7 Å². The second kappa shape index (κ2) is 13.8. The maximum atomic E-state index is 10.5. The molecule has 1 saturated carbocycles. The summed E-state index contributed by atoms with van der Waals surface area (Å²) in [5.74, 6) is 0.955. The van der Waals surface area contributed by atoms with Gasteiger partial charge in [-0.15, -0.1) is 0 Å². The van der Waals surface area contributed by atoms with E-state index in [9.17, 15) is 5.11 Å². The second-order valence-electron chi connectivity index (χ2n) is 7.40. The third-order valence-corrected chi connectivity index (χ3v) is 6.23. The molecule has 0 aromatic heterocycles. The Balaban J connectivity index is 1.97. The third-order valence-electron chi connectivity index (χ3n) is 5.30. The van der Waals surface area contributed by atoms with Crippen LogP contribution >= 0.6 is 30.5 Å². The van der Waals surface area contributed by atoms with Crippen LogP contribution < -0.4 is 4.74 Å². The first-order chi connectivity index (χ1) is 14.1. The highest BCUT2D eigenvalue weighted by atomic mass is 35.5. The Morgan fingerprint density at radius 2 is 2.14 bits per heavy atom. The van der Waals surface area contributed by atoms with Gasteiger partial charge < -0.3 is 18.9 Å². The van der Waals surface area contributed by atoms with Crippen LogP contribution in [-0.4, -0.2) is 30.0 Å². The molecule has 29 heavy (non-hydrogen) atoms. The van der Waals surface area contributed by atoms with E-state index < -0.39 is 0 Å². The van der Waals surface area contributed by atoms with Gasteiger partial charge >= 0.3 is 0 Å². The molecule has 0 saturated heterocycles. The quantitative estimate of drug-likeness (QED) is 0.246. The number of unbranched alkanes of at least 4 members (excludes halogenated alkanes) is 2. The molecule has 4 nitrogen and oxygen atoms in total. The van der Waals surface area contributed by atoms with Crippen LogP contribution in [0.4, 0.5) is 0 Å². The first-order valence-electron chi connectivity index (χ1n) is 10.2. The largest absolute Gasteiger partial charge is 0.490 e. The molecule has 0 spiro atoms. The van der Waals surface area contributed by atoms with Crippen LogP contribution in [-0.2, 0) is 9.05 Å². The standard InChI is InChI=1S/C22H33ClO4P2/c1-2-3-4-5-6-10-19-20(22(27-29)14-21(19)24)12-11-18(26-28)15-25-17-9-7-8-16(23)13-17/h5-9,11-13,18-22,24H,2-4,10,14-15,28-29H2,1H3/b6-5+,12-11+. The van der Waals surface area contributed by atoms with Crippen molar-refractivity contribution in [3.05, 3.63) is 53.6 Å². The molecular formula is C22H33ClO4P2. The lowest BCUT2D eigenvalue weighted by Crippen LogP contribution is -2.22. The van der Waals surface area contributed by atoms with Gasteiger partial charge in [0.2, 0.25) is 0 Å². The van der Waals surface area contributed by atoms with Crippen molar-refractivity contribution in [2.24, 2.45) is 11.8 Å². The van der Waals surface area contributed by atoms with Gasteiger partial charge in [-0.05, 0) is 37.0 Å². The van der Waals surface area contributed by atoms with Crippen LogP contribution in [0, 0.1) is 11.8 Å². The summed E-state index contributed by atoms with van der Waals surface area (Å²) in [7, 11) is 4.64. The fraction of sp³-hybridized carbons (Fsp3) is 0.545. The number of aliphatic hydroxyl groups excluding tert-OH is 1. The van der Waals surface area contributed by atoms with Crippen LogP contribution in [0.3, 0.4) is 0 Å². The minimum absolute atomic E-state index is 0.0284. The molecule has 1 aliphatic carbocycles. The Kier molecular flexibility index (Phi) is 11.8. The van der Waals surface area contributed by atoms with E-state index in [0.29, 0.717) is 23.8 Å². The number of rotatable bonds is 12. The molecule has 1 aromatic rings. The number of halogens is 1. The maximum absolute atomic E-state index is 10.5. The first kappa shape index (κ1) is 24.8. The average molecular weight is 459 g/mol. The van der Waals surface area contributed by atoms with Crippen molar-refractivity contribution in [1.29, 1.82) is 0 Å². The fourth-order valence-corrected chi connectivity index (χ4v) is 4.29. The summed E-state index contributed by atoms with van der Waals surface area (Å²) < 4.78 is 16.8. The molecule has 0 heterocycles. The van der Waals surface area contributed by atoms with Crippen molar-refractivity contribution in [1.82, 2.24) is 0 Å². The predicted octanol–water partition coefficient (Wildman–Crippen LogP) is 5.76. The number of benzene rings is 1. The van der Waals surface area contributed by atoms with E-state index in [2.05, 4.69) is 44.1 Å². The van der Waals surface area contributed by atoms with Crippen molar-refractivity contribution >= 4 is 30.5 Å². The summed E-state index contributed by atoms with van der Waals surface area (Å²) in [5.41, 5.74) is 0. The molecule has 1 fully saturated rings. The van der Waals surface area contributed by atoms with Crippen LogP contribution in [0.5, 0.6) is 5.75 Å². The van der Waals surface area contributed by atoms with Gasteiger partial charge in [0.1, 0.15) is 18.5 Å². The van der Waals surface area contributed by atoms with Crippen molar-refractivity contribution in [2.45, 2.75) is 57.3 Å². The number of hydrogen-bond acceptors (Lipinski definition) is 4. The zero-order valence-corrected chi connectivity index (χ0v) is 20.0. The molecule has 2 rings (SSSR count). The number of hydrogen-bond donors (Lipinski definition) is 1. The summed E-state index contributed by atoms with van der Waals surface area (Å²) in [6, 6.07) is 7.30. The molecule has 7 unspecified atom stereocenters. The van der Waals surface area contributed by atoms with Gasteiger partial charge in [0, 0.05) is 36.3 Å². The topological polar surface area (TPSA) is 47.9 Å². The lowest BCUT2D eigenvalue weighted by Gasteiger charge is -2.21. The molecular weight excluding hydrogens is 426 g/mol. The first-order valence-corrected chi connectivity index (χ1v) is 11.5. The number of aliphatic hydroxyl groups is 1. The number of allylic oxidation sites excluding steroid dienone is 2. The molecule has 7 heteroatoms. The van der Waals surface area contributed by atoms with Crippen LogP contribution in [0.25, 0.3) is 0 Å². The lowest BCUT2D eigenvalue weighted by atomic mass is 9.89. The van der Waals surface area contributed by atoms with Crippen molar-refractivity contribution in [3.63, 3.8) is 0 Å². The number of ether oxygens (including phenoxy) is 1. The van der Waals surface area contributed by atoms with Crippen molar-refractivity contribution in [2.75, 3.05) is 6.61 Å². The molecule has 0 aliphatic heterocycles. The summed E-state index contributed by atoms with van der Waals surface area (Å²) in [4.78, 5) is 0. The summed E-state index contributed by atoms with van der Waals surface area (Å²) in [6.45, 7) is 2.56. The normalized spacial score (nSPS) is 25.8. The Hall–Kier alpha value is -0.470. The highest BCUT2D eigenvalue weighted by Gasteiger charge is 2.40. The van der Waals surface area contributed by atoms with E-state index in [1.165, 1.54) is 12.8 Å². The monoisotopic (exact) mass is 458 g/mol. The maximum Gasteiger partial charge on any atom is 0.120 e. The molecule has 7 atom stereocenters. The molecule has 0 amide bonds. The summed E-state index contributed by atoms with van der Waals surface area (Å²) in [5, 5.41) is 11.2. The van der Waals surface area contributed by atoms with E-state index in [1.807, 2.05) is 24.3 Å². The minimum Gasteiger partial charge on any atom is -0.490 e. The zero-order chi connectivity index (χ0) is 21.1. The smallest absolute Gasteiger partial charge is 0.120 e. The Morgan fingerprint density at radius 1 is 1.31 bits per heavy atom. The average Bonchev–Trinajstić information content (AvgIpc) is 3.02. The van der Waals surface area contributed by atoms with Crippen LogP contribution in [0.15, 0.2) is 48.6 Å². The third kappa shape index (κ3) is 8.29. The van der Waals surface area contributed by atoms with Crippen LogP contribution in [0.2, 0.25) is 5.02 Å². The molecule has 0 radical (unpaired) electrons. The van der Waals surface area contributed by atoms with Gasteiger partial charge in [0.15, 0.2) is 0 Å². The minimum atomic E-state index is -0.371. The van der Waals surface area contributed by atoms with E-state index in [4.69, 9.17) is 25.4 Å². The van der Waals surface area contributed by atoms with Gasteiger partial charge in [-0.3, -0.25) is 0 Å². The molecule has 1 N–H and O–H groups in total. The van der Waals surface area contributed by atoms with Crippen molar-refractivity contribution in [3.8, 4) is 5.75 Å². The highest BCUT2D eigenvalue weighted by Crippen LogP contribution is 2.39. The van der Waals surface area contributed by atoms with Gasteiger partial charge in [-0.2, -0.15) is 0 Å². The Morgan fingerprint density at radius 3 is 2.83 bits per heavy atom.